The summed E-state index contributed by atoms with van der Waals surface area (Å²) < 4.78 is 14.8. The van der Waals surface area contributed by atoms with Crippen LogP contribution in [0.3, 0.4) is 0 Å². The average Bonchev–Trinajstić information content (AvgIpc) is 2.85. The molecule has 20 heavy (non-hydrogen) atoms. The van der Waals surface area contributed by atoms with Crippen molar-refractivity contribution in [1.29, 1.82) is 0 Å². The van der Waals surface area contributed by atoms with Gasteiger partial charge in [-0.2, -0.15) is 0 Å². The van der Waals surface area contributed by atoms with Crippen LogP contribution in [0.1, 0.15) is 42.1 Å². The monoisotopic (exact) mass is 333 g/mol. The smallest absolute Gasteiger partial charge is 0.128 e. The van der Waals surface area contributed by atoms with Gasteiger partial charge in [-0.3, -0.25) is 0 Å². The highest BCUT2D eigenvalue weighted by molar-refractivity contribution is 9.10. The molecule has 2 aromatic rings. The number of aryl methyl sites for hydroxylation is 1. The largest absolute Gasteiger partial charge is 0.303 e. The van der Waals surface area contributed by atoms with Crippen LogP contribution in [0.4, 0.5) is 4.39 Å². The molecule has 0 bridgehead atoms. The minimum atomic E-state index is -0.153. The van der Waals surface area contributed by atoms with Gasteiger partial charge < -0.3 is 5.32 Å². The number of rotatable bonds is 3. The Bertz CT molecular complexity index is 626. The predicted molar refractivity (Wildman–Crippen MR) is 83.2 cm³/mol. The summed E-state index contributed by atoms with van der Waals surface area (Å²) in [6.45, 7) is 2.02. The zero-order valence-electron chi connectivity index (χ0n) is 11.4. The summed E-state index contributed by atoms with van der Waals surface area (Å²) in [5, 5.41) is 3.56. The second kappa shape index (κ2) is 5.66. The van der Waals surface area contributed by atoms with Crippen LogP contribution in [0.15, 0.2) is 46.9 Å². The Balaban J connectivity index is 1.80. The van der Waals surface area contributed by atoms with Crippen molar-refractivity contribution >= 4 is 15.9 Å². The molecule has 1 N–H and O–H groups in total. The third kappa shape index (κ3) is 2.65. The van der Waals surface area contributed by atoms with E-state index >= 15 is 0 Å². The lowest BCUT2D eigenvalue weighted by Gasteiger charge is -2.21. The Morgan fingerprint density at radius 1 is 1.25 bits per heavy atom. The molecule has 0 spiro atoms. The van der Waals surface area contributed by atoms with Gasteiger partial charge >= 0.3 is 0 Å². The van der Waals surface area contributed by atoms with Crippen molar-refractivity contribution in [3.63, 3.8) is 0 Å². The standard InChI is InChI=1S/C17H17BrFN/c1-11(15-10-13(18)7-8-16(15)19)20-17-9-6-12-4-2-3-5-14(12)17/h2-5,7-8,10-11,17,20H,6,9H2,1H3. The molecule has 1 aliphatic rings. The molecule has 1 aliphatic carbocycles. The van der Waals surface area contributed by atoms with E-state index in [-0.39, 0.29) is 11.9 Å². The molecule has 0 aromatic heterocycles. The van der Waals surface area contributed by atoms with E-state index in [2.05, 4.69) is 45.5 Å². The van der Waals surface area contributed by atoms with Crippen LogP contribution >= 0.6 is 15.9 Å². The van der Waals surface area contributed by atoms with Crippen molar-refractivity contribution in [3.8, 4) is 0 Å². The molecule has 2 aromatic carbocycles. The van der Waals surface area contributed by atoms with Gasteiger partial charge in [0, 0.05) is 22.1 Å². The van der Waals surface area contributed by atoms with Gasteiger partial charge in [-0.05, 0) is 49.1 Å². The van der Waals surface area contributed by atoms with Crippen LogP contribution in [-0.4, -0.2) is 0 Å². The molecule has 2 unspecified atom stereocenters. The topological polar surface area (TPSA) is 12.0 Å². The number of hydrogen-bond acceptors (Lipinski definition) is 1. The first-order valence-corrected chi connectivity index (χ1v) is 7.73. The third-order valence-corrected chi connectivity index (χ3v) is 4.50. The van der Waals surface area contributed by atoms with E-state index in [9.17, 15) is 4.39 Å². The SMILES string of the molecule is CC(NC1CCc2ccccc21)c1cc(Br)ccc1F. The van der Waals surface area contributed by atoms with Crippen molar-refractivity contribution < 1.29 is 4.39 Å². The minimum absolute atomic E-state index is 0.0105. The van der Waals surface area contributed by atoms with E-state index in [0.717, 1.165) is 17.3 Å². The van der Waals surface area contributed by atoms with Crippen molar-refractivity contribution in [2.75, 3.05) is 0 Å². The van der Waals surface area contributed by atoms with Crippen molar-refractivity contribution in [2.45, 2.75) is 31.8 Å². The molecule has 0 amide bonds. The highest BCUT2D eigenvalue weighted by Gasteiger charge is 2.24. The Hall–Kier alpha value is -1.19. The van der Waals surface area contributed by atoms with Crippen molar-refractivity contribution in [1.82, 2.24) is 5.32 Å². The Morgan fingerprint density at radius 3 is 2.90 bits per heavy atom. The molecule has 0 fully saturated rings. The number of hydrogen-bond donors (Lipinski definition) is 1. The van der Waals surface area contributed by atoms with Crippen LogP contribution in [0.5, 0.6) is 0 Å². The number of nitrogens with one attached hydrogen (secondary N) is 1. The lowest BCUT2D eigenvalue weighted by Crippen LogP contribution is -2.23. The summed E-state index contributed by atoms with van der Waals surface area (Å²) in [6.07, 6.45) is 2.18. The van der Waals surface area contributed by atoms with Gasteiger partial charge in [0.1, 0.15) is 5.82 Å². The average molecular weight is 334 g/mol. The fraction of sp³-hybridized carbons (Fsp3) is 0.294. The molecule has 0 saturated heterocycles. The fourth-order valence-corrected chi connectivity index (χ4v) is 3.35. The minimum Gasteiger partial charge on any atom is -0.303 e. The van der Waals surface area contributed by atoms with Crippen LogP contribution in [-0.2, 0) is 6.42 Å². The molecular formula is C17H17BrFN. The summed E-state index contributed by atoms with van der Waals surface area (Å²) in [4.78, 5) is 0. The second-order valence-corrected chi connectivity index (χ2v) is 6.26. The van der Waals surface area contributed by atoms with Gasteiger partial charge in [-0.1, -0.05) is 40.2 Å². The Labute approximate surface area is 127 Å². The van der Waals surface area contributed by atoms with Crippen molar-refractivity contribution in [3.05, 3.63) is 69.4 Å². The summed E-state index contributed by atoms with van der Waals surface area (Å²) >= 11 is 3.41. The summed E-state index contributed by atoms with van der Waals surface area (Å²) in [6, 6.07) is 13.9. The number of halogens is 2. The van der Waals surface area contributed by atoms with Crippen LogP contribution < -0.4 is 5.32 Å². The molecule has 0 saturated carbocycles. The van der Waals surface area contributed by atoms with Gasteiger partial charge in [0.2, 0.25) is 0 Å². The van der Waals surface area contributed by atoms with E-state index in [1.165, 1.54) is 17.2 Å². The molecule has 1 nitrogen and oxygen atoms in total. The van der Waals surface area contributed by atoms with Gasteiger partial charge in [0.05, 0.1) is 0 Å². The quantitative estimate of drug-likeness (QED) is 0.839. The van der Waals surface area contributed by atoms with Crippen molar-refractivity contribution in [2.24, 2.45) is 0 Å². The summed E-state index contributed by atoms with van der Waals surface area (Å²) in [7, 11) is 0. The maximum Gasteiger partial charge on any atom is 0.128 e. The Morgan fingerprint density at radius 2 is 2.05 bits per heavy atom. The molecule has 2 atom stereocenters. The van der Waals surface area contributed by atoms with Gasteiger partial charge in [-0.15, -0.1) is 0 Å². The molecule has 0 aliphatic heterocycles. The Kier molecular flexibility index (Phi) is 3.90. The highest BCUT2D eigenvalue weighted by atomic mass is 79.9. The summed E-state index contributed by atoms with van der Waals surface area (Å²) in [5.41, 5.74) is 3.48. The molecule has 0 radical (unpaired) electrons. The second-order valence-electron chi connectivity index (χ2n) is 5.34. The van der Waals surface area contributed by atoms with Gasteiger partial charge in [-0.25, -0.2) is 4.39 Å². The van der Waals surface area contributed by atoms with Crippen LogP contribution in [0.25, 0.3) is 0 Å². The zero-order chi connectivity index (χ0) is 14.1. The number of fused-ring (bicyclic) bond motifs is 1. The van der Waals surface area contributed by atoms with Gasteiger partial charge in [0.15, 0.2) is 0 Å². The van der Waals surface area contributed by atoms with Crippen LogP contribution in [0, 0.1) is 5.82 Å². The van der Waals surface area contributed by atoms with E-state index in [1.807, 2.05) is 13.0 Å². The third-order valence-electron chi connectivity index (χ3n) is 4.01. The molecular weight excluding hydrogens is 317 g/mol. The van der Waals surface area contributed by atoms with E-state index in [0.29, 0.717) is 11.6 Å². The molecule has 3 heteroatoms. The van der Waals surface area contributed by atoms with E-state index in [4.69, 9.17) is 0 Å². The lowest BCUT2D eigenvalue weighted by atomic mass is 10.0. The van der Waals surface area contributed by atoms with Gasteiger partial charge in [0.25, 0.3) is 0 Å². The fourth-order valence-electron chi connectivity index (χ4n) is 2.97. The normalized spacial score (nSPS) is 18.9. The first-order valence-electron chi connectivity index (χ1n) is 6.94. The maximum absolute atomic E-state index is 13.9. The first kappa shape index (κ1) is 13.8. The summed E-state index contributed by atoms with van der Waals surface area (Å²) in [5.74, 6) is -0.153. The zero-order valence-corrected chi connectivity index (χ0v) is 13.0. The molecule has 0 heterocycles. The predicted octanol–water partition coefficient (Wildman–Crippen LogP) is 4.93. The maximum atomic E-state index is 13.9. The molecule has 3 rings (SSSR count). The van der Waals surface area contributed by atoms with Crippen LogP contribution in [0.2, 0.25) is 0 Å². The lowest BCUT2D eigenvalue weighted by molar-refractivity contribution is 0.450. The number of benzene rings is 2. The van der Waals surface area contributed by atoms with E-state index < -0.39 is 0 Å². The first-order chi connectivity index (χ1) is 9.65. The molecule has 104 valence electrons. The van der Waals surface area contributed by atoms with E-state index in [1.54, 1.807) is 6.07 Å². The highest BCUT2D eigenvalue weighted by Crippen LogP contribution is 2.33.